The molecular weight excluding hydrogens is 394 g/mol. The molecule has 2 amide bonds. The normalized spacial score (nSPS) is 13.8. The lowest BCUT2D eigenvalue weighted by atomic mass is 10.2. The first-order chi connectivity index (χ1) is 13.9. The third-order valence-electron chi connectivity index (χ3n) is 4.61. The molecule has 1 aliphatic rings. The van der Waals surface area contributed by atoms with Crippen molar-refractivity contribution in [1.82, 2.24) is 10.2 Å². The molecule has 2 aromatic carbocycles. The van der Waals surface area contributed by atoms with E-state index >= 15 is 0 Å². The summed E-state index contributed by atoms with van der Waals surface area (Å²) in [7, 11) is -2.36. The molecule has 1 fully saturated rings. The number of carbonyl (C=O) groups excluding carboxylic acids is 2. The van der Waals surface area contributed by atoms with Gasteiger partial charge in [-0.1, -0.05) is 6.07 Å². The highest BCUT2D eigenvalue weighted by Gasteiger charge is 2.20. The van der Waals surface area contributed by atoms with Gasteiger partial charge in [-0.25, -0.2) is 8.42 Å². The lowest BCUT2D eigenvalue weighted by molar-refractivity contribution is -0.129. The minimum absolute atomic E-state index is 0.0492. The largest absolute Gasteiger partial charge is 0.497 e. The van der Waals surface area contributed by atoms with E-state index in [1.807, 2.05) is 0 Å². The van der Waals surface area contributed by atoms with E-state index in [0.29, 0.717) is 24.5 Å². The van der Waals surface area contributed by atoms with E-state index in [2.05, 4.69) is 10.0 Å². The van der Waals surface area contributed by atoms with Crippen molar-refractivity contribution in [3.63, 3.8) is 0 Å². The number of sulfonamides is 1. The SMILES string of the molecule is COc1ccc(NS(=O)(=O)c2cccc(C(=O)NCC(=O)N3CCCC3)c2)cc1. The number of likely N-dealkylation sites (tertiary alicyclic amines) is 1. The van der Waals surface area contributed by atoms with Crippen LogP contribution >= 0.6 is 0 Å². The molecule has 0 unspecified atom stereocenters. The molecule has 0 bridgehead atoms. The molecule has 0 saturated carbocycles. The van der Waals surface area contributed by atoms with Crippen molar-refractivity contribution < 1.29 is 22.7 Å². The number of hydrogen-bond donors (Lipinski definition) is 2. The summed E-state index contributed by atoms with van der Waals surface area (Å²) < 4.78 is 32.8. The molecule has 9 heteroatoms. The fourth-order valence-corrected chi connectivity index (χ4v) is 4.12. The summed E-state index contributed by atoms with van der Waals surface area (Å²) in [5, 5.41) is 2.56. The van der Waals surface area contributed by atoms with Gasteiger partial charge in [-0.15, -0.1) is 0 Å². The van der Waals surface area contributed by atoms with Gasteiger partial charge in [0, 0.05) is 24.3 Å². The number of hydrogen-bond acceptors (Lipinski definition) is 5. The first-order valence-corrected chi connectivity index (χ1v) is 10.7. The Balaban J connectivity index is 1.66. The Hall–Kier alpha value is -3.07. The third-order valence-corrected chi connectivity index (χ3v) is 5.99. The molecule has 1 aliphatic heterocycles. The fourth-order valence-electron chi connectivity index (χ4n) is 3.01. The Kier molecular flexibility index (Phi) is 6.38. The van der Waals surface area contributed by atoms with E-state index in [9.17, 15) is 18.0 Å². The van der Waals surface area contributed by atoms with Crippen molar-refractivity contribution in [2.75, 3.05) is 31.5 Å². The fraction of sp³-hybridized carbons (Fsp3) is 0.300. The van der Waals surface area contributed by atoms with E-state index < -0.39 is 15.9 Å². The summed E-state index contributed by atoms with van der Waals surface area (Å²) in [4.78, 5) is 26.1. The van der Waals surface area contributed by atoms with Crippen molar-refractivity contribution in [1.29, 1.82) is 0 Å². The van der Waals surface area contributed by atoms with Crippen LogP contribution in [0, 0.1) is 0 Å². The monoisotopic (exact) mass is 417 g/mol. The highest BCUT2D eigenvalue weighted by Crippen LogP contribution is 2.20. The third kappa shape index (κ3) is 5.26. The van der Waals surface area contributed by atoms with Gasteiger partial charge in [0.25, 0.3) is 15.9 Å². The van der Waals surface area contributed by atoms with Crippen LogP contribution in [0.1, 0.15) is 23.2 Å². The summed E-state index contributed by atoms with van der Waals surface area (Å²) in [5.74, 6) is -0.0325. The average Bonchev–Trinajstić information content (AvgIpc) is 3.27. The van der Waals surface area contributed by atoms with Gasteiger partial charge < -0.3 is 15.0 Å². The minimum atomic E-state index is -3.88. The number of amides is 2. The lowest BCUT2D eigenvalue weighted by Gasteiger charge is -2.15. The minimum Gasteiger partial charge on any atom is -0.497 e. The quantitative estimate of drug-likeness (QED) is 0.715. The van der Waals surface area contributed by atoms with Gasteiger partial charge in [0.1, 0.15) is 5.75 Å². The van der Waals surface area contributed by atoms with Crippen molar-refractivity contribution in [3.05, 3.63) is 54.1 Å². The lowest BCUT2D eigenvalue weighted by Crippen LogP contribution is -2.38. The summed E-state index contributed by atoms with van der Waals surface area (Å²) in [6.07, 6.45) is 1.95. The maximum atomic E-state index is 12.6. The van der Waals surface area contributed by atoms with Gasteiger partial charge in [-0.3, -0.25) is 14.3 Å². The Morgan fingerprint density at radius 1 is 1.07 bits per heavy atom. The molecule has 0 radical (unpaired) electrons. The first-order valence-electron chi connectivity index (χ1n) is 9.22. The van der Waals surface area contributed by atoms with Crippen LogP contribution in [0.5, 0.6) is 5.75 Å². The number of nitrogens with zero attached hydrogens (tertiary/aromatic N) is 1. The zero-order valence-electron chi connectivity index (χ0n) is 16.1. The van der Waals surface area contributed by atoms with Crippen LogP contribution in [0.25, 0.3) is 0 Å². The summed E-state index contributed by atoms with van der Waals surface area (Å²) in [6.45, 7) is 1.30. The predicted octanol–water partition coefficient (Wildman–Crippen LogP) is 1.85. The maximum Gasteiger partial charge on any atom is 0.261 e. The molecule has 2 aromatic rings. The van der Waals surface area contributed by atoms with Gasteiger partial charge in [0.15, 0.2) is 0 Å². The summed E-state index contributed by atoms with van der Waals surface area (Å²) in [6, 6.07) is 12.1. The molecule has 3 rings (SSSR count). The van der Waals surface area contributed by atoms with Gasteiger partial charge in [-0.2, -0.15) is 0 Å². The van der Waals surface area contributed by atoms with Crippen LogP contribution in [0.3, 0.4) is 0 Å². The maximum absolute atomic E-state index is 12.6. The van der Waals surface area contributed by atoms with Crippen LogP contribution in [0.2, 0.25) is 0 Å². The first kappa shape index (κ1) is 20.7. The van der Waals surface area contributed by atoms with E-state index in [0.717, 1.165) is 12.8 Å². The van der Waals surface area contributed by atoms with E-state index in [1.54, 1.807) is 29.2 Å². The van der Waals surface area contributed by atoms with Crippen molar-refractivity contribution in [2.24, 2.45) is 0 Å². The van der Waals surface area contributed by atoms with Crippen LogP contribution in [0.4, 0.5) is 5.69 Å². The molecule has 8 nitrogen and oxygen atoms in total. The van der Waals surface area contributed by atoms with E-state index in [4.69, 9.17) is 4.74 Å². The molecule has 1 saturated heterocycles. The zero-order chi connectivity index (χ0) is 20.9. The van der Waals surface area contributed by atoms with Gasteiger partial charge in [-0.05, 0) is 55.3 Å². The van der Waals surface area contributed by atoms with Gasteiger partial charge >= 0.3 is 0 Å². The number of ether oxygens (including phenoxy) is 1. The molecule has 0 aliphatic carbocycles. The molecule has 0 atom stereocenters. The van der Waals surface area contributed by atoms with Crippen LogP contribution in [0.15, 0.2) is 53.4 Å². The van der Waals surface area contributed by atoms with Crippen molar-refractivity contribution in [3.8, 4) is 5.75 Å². The number of anilines is 1. The van der Waals surface area contributed by atoms with E-state index in [-0.39, 0.29) is 22.9 Å². The molecule has 0 aromatic heterocycles. The Morgan fingerprint density at radius 3 is 2.41 bits per heavy atom. The molecule has 154 valence electrons. The Labute approximate surface area is 169 Å². The molecule has 0 spiro atoms. The number of carbonyl (C=O) groups is 2. The van der Waals surface area contributed by atoms with Gasteiger partial charge in [0.05, 0.1) is 18.6 Å². The zero-order valence-corrected chi connectivity index (χ0v) is 16.9. The molecule has 2 N–H and O–H groups in total. The molecular formula is C20H23N3O5S. The number of rotatable bonds is 7. The second kappa shape index (κ2) is 8.95. The van der Waals surface area contributed by atoms with Gasteiger partial charge in [0.2, 0.25) is 5.91 Å². The number of nitrogens with one attached hydrogen (secondary N) is 2. The topological polar surface area (TPSA) is 105 Å². The molecule has 29 heavy (non-hydrogen) atoms. The Morgan fingerprint density at radius 2 is 1.76 bits per heavy atom. The smallest absolute Gasteiger partial charge is 0.261 e. The highest BCUT2D eigenvalue weighted by molar-refractivity contribution is 7.92. The van der Waals surface area contributed by atoms with E-state index in [1.165, 1.54) is 31.4 Å². The van der Waals surface area contributed by atoms with Crippen LogP contribution < -0.4 is 14.8 Å². The summed E-state index contributed by atoms with van der Waals surface area (Å²) in [5.41, 5.74) is 0.536. The van der Waals surface area contributed by atoms with Crippen LogP contribution in [-0.4, -0.2) is 51.9 Å². The summed E-state index contributed by atoms with van der Waals surface area (Å²) >= 11 is 0. The highest BCUT2D eigenvalue weighted by atomic mass is 32.2. The van der Waals surface area contributed by atoms with Crippen molar-refractivity contribution in [2.45, 2.75) is 17.7 Å². The predicted molar refractivity (Wildman–Crippen MR) is 108 cm³/mol. The number of benzene rings is 2. The average molecular weight is 417 g/mol. The van der Waals surface area contributed by atoms with Crippen molar-refractivity contribution >= 4 is 27.5 Å². The standard InChI is InChI=1S/C20H23N3O5S/c1-28-17-9-7-16(8-10-17)22-29(26,27)18-6-4-5-15(13-18)20(25)21-14-19(24)23-11-2-3-12-23/h4-10,13,22H,2-3,11-12,14H2,1H3,(H,21,25). The second-order valence-corrected chi connectivity index (χ2v) is 8.31. The molecule has 1 heterocycles. The Bertz CT molecular complexity index is 983. The van der Waals surface area contributed by atoms with Crippen LogP contribution in [-0.2, 0) is 14.8 Å². The number of methoxy groups -OCH3 is 1. The second-order valence-electron chi connectivity index (χ2n) is 6.63.